The Bertz CT molecular complexity index is 210. The van der Waals surface area contributed by atoms with Crippen LogP contribution in [0.2, 0.25) is 0 Å². The van der Waals surface area contributed by atoms with Crippen molar-refractivity contribution in [2.75, 3.05) is 13.1 Å². The summed E-state index contributed by atoms with van der Waals surface area (Å²) in [7, 11) is 0. The topological polar surface area (TPSA) is 55.1 Å². The van der Waals surface area contributed by atoms with Crippen molar-refractivity contribution < 1.29 is 4.79 Å². The van der Waals surface area contributed by atoms with E-state index in [1.54, 1.807) is 0 Å². The lowest BCUT2D eigenvalue weighted by molar-refractivity contribution is -0.126. The van der Waals surface area contributed by atoms with Crippen LogP contribution in [0.1, 0.15) is 58.3 Å². The summed E-state index contributed by atoms with van der Waals surface area (Å²) in [4.78, 5) is 11.9. The number of nitrogens with one attached hydrogen (secondary N) is 1. The van der Waals surface area contributed by atoms with Crippen LogP contribution in [0.5, 0.6) is 0 Å². The van der Waals surface area contributed by atoms with Gasteiger partial charge in [0.05, 0.1) is 0 Å². The fraction of sp³-hybridized carbons (Fsp3) is 0.929. The van der Waals surface area contributed by atoms with Crippen LogP contribution in [-0.4, -0.2) is 19.0 Å². The Labute approximate surface area is 106 Å². The molecule has 0 bridgehead atoms. The van der Waals surface area contributed by atoms with Crippen LogP contribution in [-0.2, 0) is 4.79 Å². The molecular formula is C14H28N2O. The summed E-state index contributed by atoms with van der Waals surface area (Å²) < 4.78 is 0. The number of rotatable bonds is 7. The van der Waals surface area contributed by atoms with E-state index in [2.05, 4.69) is 12.2 Å². The van der Waals surface area contributed by atoms with Crippen molar-refractivity contribution in [3.63, 3.8) is 0 Å². The van der Waals surface area contributed by atoms with E-state index < -0.39 is 0 Å². The fourth-order valence-electron chi connectivity index (χ4n) is 2.57. The van der Waals surface area contributed by atoms with Crippen molar-refractivity contribution in [1.82, 2.24) is 5.32 Å². The van der Waals surface area contributed by atoms with E-state index in [0.717, 1.165) is 45.2 Å². The largest absolute Gasteiger partial charge is 0.356 e. The highest BCUT2D eigenvalue weighted by atomic mass is 16.1. The molecule has 0 radical (unpaired) electrons. The Balaban J connectivity index is 2.08. The molecule has 0 saturated heterocycles. The van der Waals surface area contributed by atoms with E-state index in [4.69, 9.17) is 5.73 Å². The Kier molecular flexibility index (Phi) is 7.25. The van der Waals surface area contributed by atoms with Crippen LogP contribution in [0.4, 0.5) is 0 Å². The molecule has 0 aromatic carbocycles. The molecule has 3 N–H and O–H groups in total. The Morgan fingerprint density at radius 3 is 2.47 bits per heavy atom. The normalized spacial score (nSPS) is 24.6. The quantitative estimate of drug-likeness (QED) is 0.672. The molecule has 3 heteroatoms. The lowest BCUT2D eigenvalue weighted by atomic mass is 9.81. The van der Waals surface area contributed by atoms with Gasteiger partial charge in [0.15, 0.2) is 0 Å². The van der Waals surface area contributed by atoms with Crippen molar-refractivity contribution >= 4 is 5.91 Å². The summed E-state index contributed by atoms with van der Waals surface area (Å²) >= 11 is 0. The molecule has 1 saturated carbocycles. The monoisotopic (exact) mass is 240 g/mol. The summed E-state index contributed by atoms with van der Waals surface area (Å²) in [6.45, 7) is 3.84. The first-order valence-corrected chi connectivity index (χ1v) is 7.25. The summed E-state index contributed by atoms with van der Waals surface area (Å²) in [6.07, 6.45) is 9.20. The average Bonchev–Trinajstić information content (AvgIpc) is 2.38. The maximum absolute atomic E-state index is 11.9. The first kappa shape index (κ1) is 14.5. The minimum absolute atomic E-state index is 0.254. The zero-order valence-corrected chi connectivity index (χ0v) is 11.2. The minimum Gasteiger partial charge on any atom is -0.356 e. The Morgan fingerprint density at radius 2 is 1.88 bits per heavy atom. The maximum Gasteiger partial charge on any atom is 0.223 e. The standard InChI is InChI=1S/C14H28N2O/c1-2-3-4-5-10-16-14(17)13-8-6-12(11-15)7-9-13/h12-13H,2-11,15H2,1H3,(H,16,17). The second-order valence-corrected chi connectivity index (χ2v) is 5.31. The van der Waals surface area contributed by atoms with Gasteiger partial charge in [-0.05, 0) is 44.6 Å². The van der Waals surface area contributed by atoms with Crippen LogP contribution in [0.3, 0.4) is 0 Å². The summed E-state index contributed by atoms with van der Waals surface area (Å²) in [6, 6.07) is 0. The van der Waals surface area contributed by atoms with Gasteiger partial charge in [-0.15, -0.1) is 0 Å². The number of amides is 1. The minimum atomic E-state index is 0.254. The third kappa shape index (κ3) is 5.53. The smallest absolute Gasteiger partial charge is 0.223 e. The molecule has 1 aliphatic carbocycles. The third-order valence-corrected chi connectivity index (χ3v) is 3.88. The van der Waals surface area contributed by atoms with Crippen molar-refractivity contribution in [2.45, 2.75) is 58.3 Å². The van der Waals surface area contributed by atoms with E-state index >= 15 is 0 Å². The molecule has 17 heavy (non-hydrogen) atoms. The van der Waals surface area contributed by atoms with Crippen molar-refractivity contribution in [3.05, 3.63) is 0 Å². The van der Waals surface area contributed by atoms with Crippen LogP contribution >= 0.6 is 0 Å². The molecule has 0 atom stereocenters. The van der Waals surface area contributed by atoms with Crippen LogP contribution in [0.15, 0.2) is 0 Å². The SMILES string of the molecule is CCCCCCNC(=O)C1CCC(CN)CC1. The number of unbranched alkanes of at least 4 members (excludes halogenated alkanes) is 3. The molecule has 0 aliphatic heterocycles. The highest BCUT2D eigenvalue weighted by molar-refractivity contribution is 5.78. The number of carbonyl (C=O) groups is 1. The molecule has 1 fully saturated rings. The lowest BCUT2D eigenvalue weighted by Crippen LogP contribution is -2.34. The number of hydrogen-bond acceptors (Lipinski definition) is 2. The van der Waals surface area contributed by atoms with Gasteiger partial charge in [-0.3, -0.25) is 4.79 Å². The van der Waals surface area contributed by atoms with Crippen molar-refractivity contribution in [1.29, 1.82) is 0 Å². The number of hydrogen-bond donors (Lipinski definition) is 2. The van der Waals surface area contributed by atoms with Crippen LogP contribution < -0.4 is 11.1 Å². The molecule has 1 rings (SSSR count). The van der Waals surface area contributed by atoms with E-state index in [1.165, 1.54) is 19.3 Å². The lowest BCUT2D eigenvalue weighted by Gasteiger charge is -2.26. The van der Waals surface area contributed by atoms with Gasteiger partial charge in [0.2, 0.25) is 5.91 Å². The molecule has 3 nitrogen and oxygen atoms in total. The zero-order valence-electron chi connectivity index (χ0n) is 11.2. The second-order valence-electron chi connectivity index (χ2n) is 5.31. The molecule has 1 amide bonds. The van der Waals surface area contributed by atoms with Gasteiger partial charge in [0, 0.05) is 12.5 Å². The van der Waals surface area contributed by atoms with E-state index in [0.29, 0.717) is 5.92 Å². The Hall–Kier alpha value is -0.570. The first-order valence-electron chi connectivity index (χ1n) is 7.25. The van der Waals surface area contributed by atoms with E-state index in [9.17, 15) is 4.79 Å². The van der Waals surface area contributed by atoms with Gasteiger partial charge in [-0.2, -0.15) is 0 Å². The fourth-order valence-corrected chi connectivity index (χ4v) is 2.57. The number of carbonyl (C=O) groups excluding carboxylic acids is 1. The van der Waals surface area contributed by atoms with Crippen LogP contribution in [0.25, 0.3) is 0 Å². The summed E-state index contributed by atoms with van der Waals surface area (Å²) in [5, 5.41) is 3.07. The average molecular weight is 240 g/mol. The van der Waals surface area contributed by atoms with Gasteiger partial charge in [0.25, 0.3) is 0 Å². The van der Waals surface area contributed by atoms with Gasteiger partial charge in [-0.1, -0.05) is 26.2 Å². The van der Waals surface area contributed by atoms with E-state index in [-0.39, 0.29) is 11.8 Å². The molecule has 100 valence electrons. The molecule has 1 aliphatic rings. The van der Waals surface area contributed by atoms with E-state index in [1.807, 2.05) is 0 Å². The maximum atomic E-state index is 11.9. The summed E-state index contributed by atoms with van der Waals surface area (Å²) in [5.41, 5.74) is 5.65. The van der Waals surface area contributed by atoms with Gasteiger partial charge < -0.3 is 11.1 Å². The molecule has 0 unspecified atom stereocenters. The predicted molar refractivity (Wildman–Crippen MR) is 71.7 cm³/mol. The highest BCUT2D eigenvalue weighted by Gasteiger charge is 2.25. The van der Waals surface area contributed by atoms with Gasteiger partial charge in [0.1, 0.15) is 0 Å². The Morgan fingerprint density at radius 1 is 1.18 bits per heavy atom. The third-order valence-electron chi connectivity index (χ3n) is 3.88. The number of nitrogens with two attached hydrogens (primary N) is 1. The molecular weight excluding hydrogens is 212 g/mol. The summed E-state index contributed by atoms with van der Waals surface area (Å²) in [5.74, 6) is 1.18. The second kappa shape index (κ2) is 8.51. The van der Waals surface area contributed by atoms with Gasteiger partial charge in [-0.25, -0.2) is 0 Å². The van der Waals surface area contributed by atoms with Crippen molar-refractivity contribution in [3.8, 4) is 0 Å². The van der Waals surface area contributed by atoms with Crippen LogP contribution in [0, 0.1) is 11.8 Å². The molecule has 0 aromatic rings. The first-order chi connectivity index (χ1) is 8.27. The van der Waals surface area contributed by atoms with Crippen molar-refractivity contribution in [2.24, 2.45) is 17.6 Å². The zero-order chi connectivity index (χ0) is 12.5. The van der Waals surface area contributed by atoms with Gasteiger partial charge >= 0.3 is 0 Å². The molecule has 0 aromatic heterocycles. The highest BCUT2D eigenvalue weighted by Crippen LogP contribution is 2.28. The molecule has 0 heterocycles. The predicted octanol–water partition coefficient (Wildman–Crippen LogP) is 2.45. The molecule has 0 spiro atoms.